The van der Waals surface area contributed by atoms with Crippen molar-refractivity contribution in [3.05, 3.63) is 57.1 Å². The van der Waals surface area contributed by atoms with Crippen LogP contribution in [0.5, 0.6) is 0 Å². The third-order valence-corrected chi connectivity index (χ3v) is 6.93. The molecule has 0 spiro atoms. The molecule has 0 radical (unpaired) electrons. The maximum absolute atomic E-state index is 13.1. The number of rotatable bonds is 7. The summed E-state index contributed by atoms with van der Waals surface area (Å²) in [5, 5.41) is 12.9. The van der Waals surface area contributed by atoms with E-state index in [-0.39, 0.29) is 11.9 Å². The van der Waals surface area contributed by atoms with Gasteiger partial charge < -0.3 is 10.1 Å². The average Bonchev–Trinajstić information content (AvgIpc) is 3.45. The van der Waals surface area contributed by atoms with Crippen molar-refractivity contribution < 1.29 is 9.53 Å². The van der Waals surface area contributed by atoms with E-state index in [4.69, 9.17) is 28.6 Å². The predicted molar refractivity (Wildman–Crippen MR) is 125 cm³/mol. The minimum absolute atomic E-state index is 0.0390. The molecule has 2 aromatic heterocycles. The lowest BCUT2D eigenvalue weighted by atomic mass is 10.0. The lowest BCUT2D eigenvalue weighted by Gasteiger charge is -2.35. The number of carbonyl (C=O) groups is 1. The smallest absolute Gasteiger partial charge is 0.243 e. The summed E-state index contributed by atoms with van der Waals surface area (Å²) in [7, 11) is 0. The van der Waals surface area contributed by atoms with Gasteiger partial charge in [-0.25, -0.2) is 0 Å². The topological polar surface area (TPSA) is 75.2 Å². The van der Waals surface area contributed by atoms with Crippen molar-refractivity contribution in [1.82, 2.24) is 25.0 Å². The number of halogens is 1. The number of amides is 1. The molecule has 3 heterocycles. The third kappa shape index (κ3) is 4.91. The molecule has 1 aromatic carbocycles. The number of morpholine rings is 1. The first-order valence-corrected chi connectivity index (χ1v) is 11.8. The molecular formula is C21H24ClN5O2S2. The Morgan fingerprint density at radius 1 is 1.32 bits per heavy atom. The van der Waals surface area contributed by atoms with Gasteiger partial charge in [0.25, 0.3) is 0 Å². The van der Waals surface area contributed by atoms with Crippen LogP contribution in [0, 0.1) is 4.77 Å². The van der Waals surface area contributed by atoms with Crippen molar-refractivity contribution in [2.24, 2.45) is 0 Å². The summed E-state index contributed by atoms with van der Waals surface area (Å²) in [4.78, 5) is 16.4. The van der Waals surface area contributed by atoms with E-state index in [1.165, 1.54) is 0 Å². The van der Waals surface area contributed by atoms with Crippen molar-refractivity contribution in [2.45, 2.75) is 19.0 Å². The van der Waals surface area contributed by atoms with E-state index < -0.39 is 6.04 Å². The predicted octanol–water partition coefficient (Wildman–Crippen LogP) is 4.07. The van der Waals surface area contributed by atoms with Gasteiger partial charge in [0.2, 0.25) is 5.91 Å². The van der Waals surface area contributed by atoms with Gasteiger partial charge in [0, 0.05) is 24.7 Å². The number of thiophene rings is 1. The number of nitrogens with one attached hydrogen (secondary N) is 2. The molecule has 7 nitrogen and oxygen atoms in total. The molecule has 31 heavy (non-hydrogen) atoms. The van der Waals surface area contributed by atoms with Crippen molar-refractivity contribution in [1.29, 1.82) is 0 Å². The van der Waals surface area contributed by atoms with Crippen LogP contribution in [-0.2, 0) is 9.53 Å². The van der Waals surface area contributed by atoms with Crippen molar-refractivity contribution >= 4 is 41.1 Å². The summed E-state index contributed by atoms with van der Waals surface area (Å²) in [5.41, 5.74) is 0.998. The van der Waals surface area contributed by atoms with Crippen LogP contribution in [-0.4, -0.2) is 58.4 Å². The number of carbonyl (C=O) groups excluding carboxylic acids is 1. The zero-order chi connectivity index (χ0) is 21.8. The molecule has 0 saturated carbocycles. The van der Waals surface area contributed by atoms with Gasteiger partial charge in [-0.3, -0.25) is 19.4 Å². The monoisotopic (exact) mass is 477 g/mol. The van der Waals surface area contributed by atoms with Gasteiger partial charge in [-0.1, -0.05) is 35.9 Å². The van der Waals surface area contributed by atoms with Gasteiger partial charge in [-0.15, -0.1) is 11.3 Å². The van der Waals surface area contributed by atoms with Crippen molar-refractivity contribution in [3.8, 4) is 10.7 Å². The Morgan fingerprint density at radius 3 is 2.81 bits per heavy atom. The molecule has 10 heteroatoms. The summed E-state index contributed by atoms with van der Waals surface area (Å²) in [6, 6.07) is 11.1. The molecular weight excluding hydrogens is 454 g/mol. The maximum Gasteiger partial charge on any atom is 0.243 e. The highest BCUT2D eigenvalue weighted by Crippen LogP contribution is 2.29. The molecule has 2 unspecified atom stereocenters. The summed E-state index contributed by atoms with van der Waals surface area (Å²) in [6.07, 6.45) is 0. The molecule has 1 saturated heterocycles. The summed E-state index contributed by atoms with van der Waals surface area (Å²) in [6.45, 7) is 5.18. The quantitative estimate of drug-likeness (QED) is 0.502. The van der Waals surface area contributed by atoms with Gasteiger partial charge in [0.15, 0.2) is 10.6 Å². The minimum atomic E-state index is -0.514. The number of hydrogen-bond acceptors (Lipinski definition) is 6. The van der Waals surface area contributed by atoms with E-state index in [0.29, 0.717) is 35.4 Å². The summed E-state index contributed by atoms with van der Waals surface area (Å²) in [5.74, 6) is 0.541. The molecule has 2 atom stereocenters. The summed E-state index contributed by atoms with van der Waals surface area (Å²) >= 11 is 13.5. The number of aromatic nitrogens is 3. The van der Waals surface area contributed by atoms with E-state index in [9.17, 15) is 4.79 Å². The lowest BCUT2D eigenvalue weighted by molar-refractivity contribution is -0.124. The third-order valence-electron chi connectivity index (χ3n) is 5.43. The Kier molecular flexibility index (Phi) is 7.19. The number of H-pyrrole nitrogens is 1. The summed E-state index contributed by atoms with van der Waals surface area (Å²) < 4.78 is 7.68. The molecule has 1 fully saturated rings. The first-order chi connectivity index (χ1) is 15.1. The number of hydrogen-bond donors (Lipinski definition) is 2. The minimum Gasteiger partial charge on any atom is -0.379 e. The van der Waals surface area contributed by atoms with Gasteiger partial charge in [0.05, 0.1) is 24.1 Å². The highest BCUT2D eigenvalue weighted by atomic mass is 35.5. The molecule has 1 aliphatic rings. The Bertz CT molecular complexity index is 1080. The second-order valence-electron chi connectivity index (χ2n) is 7.31. The van der Waals surface area contributed by atoms with Crippen LogP contribution in [0.1, 0.15) is 24.6 Å². The zero-order valence-electron chi connectivity index (χ0n) is 17.1. The van der Waals surface area contributed by atoms with Gasteiger partial charge in [-0.2, -0.15) is 5.10 Å². The van der Waals surface area contributed by atoms with Crippen molar-refractivity contribution in [2.75, 3.05) is 32.8 Å². The second-order valence-corrected chi connectivity index (χ2v) is 9.05. The van der Waals surface area contributed by atoms with E-state index in [1.807, 2.05) is 48.7 Å². The van der Waals surface area contributed by atoms with Gasteiger partial charge >= 0.3 is 0 Å². The first-order valence-electron chi connectivity index (χ1n) is 10.1. The zero-order valence-corrected chi connectivity index (χ0v) is 19.5. The van der Waals surface area contributed by atoms with Crippen LogP contribution >= 0.6 is 35.2 Å². The van der Waals surface area contributed by atoms with Gasteiger partial charge in [-0.05, 0) is 42.2 Å². The fraction of sp³-hybridized carbons (Fsp3) is 0.381. The average molecular weight is 478 g/mol. The molecule has 0 bridgehead atoms. The Labute approximate surface area is 195 Å². The van der Waals surface area contributed by atoms with E-state index in [0.717, 1.165) is 23.5 Å². The molecule has 0 aliphatic carbocycles. The largest absolute Gasteiger partial charge is 0.379 e. The first kappa shape index (κ1) is 22.2. The van der Waals surface area contributed by atoms with Crippen LogP contribution in [0.2, 0.25) is 5.02 Å². The standard InChI is InChI=1S/C21H24ClN5O2S2/c1-14(27-19(24-25-21(27)30)18-7-4-12-31-18)20(28)23-13-17(26-8-10-29-11-9-26)15-5-2-3-6-16(15)22/h2-7,12,14,17H,8-11,13H2,1H3,(H,23,28)(H,25,30). The van der Waals surface area contributed by atoms with Crippen LogP contribution in [0.15, 0.2) is 41.8 Å². The fourth-order valence-electron chi connectivity index (χ4n) is 3.78. The Morgan fingerprint density at radius 2 is 2.10 bits per heavy atom. The van der Waals surface area contributed by atoms with E-state index >= 15 is 0 Å². The number of ether oxygens (including phenoxy) is 1. The Balaban J connectivity index is 1.53. The normalized spacial score (nSPS) is 16.7. The lowest BCUT2D eigenvalue weighted by Crippen LogP contribution is -2.44. The van der Waals surface area contributed by atoms with Gasteiger partial charge in [0.1, 0.15) is 6.04 Å². The molecule has 164 valence electrons. The molecule has 4 rings (SSSR count). The van der Waals surface area contributed by atoms with Crippen LogP contribution in [0.4, 0.5) is 0 Å². The highest BCUT2D eigenvalue weighted by Gasteiger charge is 2.27. The molecule has 1 amide bonds. The van der Waals surface area contributed by atoms with Crippen molar-refractivity contribution in [3.63, 3.8) is 0 Å². The number of aromatic amines is 1. The van der Waals surface area contributed by atoms with Crippen LogP contribution < -0.4 is 5.32 Å². The Hall–Kier alpha value is -2.04. The molecule has 3 aromatic rings. The maximum atomic E-state index is 13.1. The SMILES string of the molecule is CC(C(=O)NCC(c1ccccc1Cl)N1CCOCC1)n1c(-c2cccs2)n[nH]c1=S. The van der Waals surface area contributed by atoms with Crippen LogP contribution in [0.25, 0.3) is 10.7 Å². The second kappa shape index (κ2) is 10.1. The van der Waals surface area contributed by atoms with E-state index in [2.05, 4.69) is 20.4 Å². The molecule has 2 N–H and O–H groups in total. The highest BCUT2D eigenvalue weighted by molar-refractivity contribution is 7.71. The number of nitrogens with zero attached hydrogens (tertiary/aromatic N) is 3. The molecule has 1 aliphatic heterocycles. The van der Waals surface area contributed by atoms with Crippen LogP contribution in [0.3, 0.4) is 0 Å². The number of benzene rings is 1. The fourth-order valence-corrected chi connectivity index (χ4v) is 5.04. The van der Waals surface area contributed by atoms with E-state index in [1.54, 1.807) is 15.9 Å².